The highest BCUT2D eigenvalue weighted by molar-refractivity contribution is 6.00. The van der Waals surface area contributed by atoms with Crippen LogP contribution in [0.1, 0.15) is 28.9 Å². The maximum Gasteiger partial charge on any atom is 0.269 e. The van der Waals surface area contributed by atoms with Crippen molar-refractivity contribution >= 4 is 39.9 Å². The third kappa shape index (κ3) is 4.00. The molecule has 2 aromatic carbocycles. The molecule has 2 amide bonds. The van der Waals surface area contributed by atoms with Crippen molar-refractivity contribution in [3.8, 4) is 5.75 Å². The molecule has 4 rings (SSSR count). The average molecular weight is 418 g/mol. The van der Waals surface area contributed by atoms with E-state index in [0.717, 1.165) is 28.8 Å². The van der Waals surface area contributed by atoms with Crippen molar-refractivity contribution in [2.75, 3.05) is 7.11 Å². The number of aryl methyl sites for hydroxylation is 2. The zero-order chi connectivity index (χ0) is 22.0. The van der Waals surface area contributed by atoms with E-state index < -0.39 is 11.8 Å². The molecule has 31 heavy (non-hydrogen) atoms. The summed E-state index contributed by atoms with van der Waals surface area (Å²) in [6, 6.07) is 12.6. The lowest BCUT2D eigenvalue weighted by Crippen LogP contribution is -2.40. The summed E-state index contributed by atoms with van der Waals surface area (Å²) in [6.07, 6.45) is 2.80. The Bertz CT molecular complexity index is 1320. The zero-order valence-corrected chi connectivity index (χ0v) is 17.4. The molecule has 0 aliphatic rings. The van der Waals surface area contributed by atoms with Gasteiger partial charge in [-0.15, -0.1) is 0 Å². The van der Waals surface area contributed by atoms with E-state index >= 15 is 0 Å². The number of ether oxygens (including phenoxy) is 1. The van der Waals surface area contributed by atoms with Crippen molar-refractivity contribution in [2.45, 2.75) is 20.4 Å². The highest BCUT2D eigenvalue weighted by Crippen LogP contribution is 2.28. The molecule has 0 atom stereocenters. The summed E-state index contributed by atoms with van der Waals surface area (Å²) in [4.78, 5) is 29.0. The number of hydrogen-bond donors (Lipinski definition) is 2. The summed E-state index contributed by atoms with van der Waals surface area (Å²) in [7, 11) is 1.57. The third-order valence-corrected chi connectivity index (χ3v) is 4.96. The van der Waals surface area contributed by atoms with Crippen LogP contribution in [0.25, 0.3) is 28.1 Å². The molecule has 0 aliphatic heterocycles. The van der Waals surface area contributed by atoms with Crippen LogP contribution in [0.3, 0.4) is 0 Å². The van der Waals surface area contributed by atoms with Crippen LogP contribution in [0, 0.1) is 6.92 Å². The predicted molar refractivity (Wildman–Crippen MR) is 118 cm³/mol. The lowest BCUT2D eigenvalue weighted by atomic mass is 10.2. The second-order valence-corrected chi connectivity index (χ2v) is 6.91. The van der Waals surface area contributed by atoms with Gasteiger partial charge in [0, 0.05) is 23.6 Å². The number of hydrogen-bond acceptors (Lipinski definition) is 5. The van der Waals surface area contributed by atoms with Gasteiger partial charge in [0.15, 0.2) is 11.3 Å². The normalized spacial score (nSPS) is 11.3. The molecule has 2 N–H and O–H groups in total. The van der Waals surface area contributed by atoms with E-state index in [1.54, 1.807) is 31.4 Å². The number of fused-ring (bicyclic) bond motifs is 2. The topological polar surface area (TPSA) is 98.4 Å². The molecule has 0 bridgehead atoms. The summed E-state index contributed by atoms with van der Waals surface area (Å²) < 4.78 is 13.0. The van der Waals surface area contributed by atoms with Gasteiger partial charge in [0.1, 0.15) is 11.6 Å². The van der Waals surface area contributed by atoms with Crippen LogP contribution < -0.4 is 15.6 Å². The number of rotatable bonds is 5. The molecule has 0 aliphatic carbocycles. The number of nitrogens with zero attached hydrogens (tertiary/aromatic N) is 2. The summed E-state index contributed by atoms with van der Waals surface area (Å²) in [5.74, 6) is 1.07. The average Bonchev–Trinajstić information content (AvgIpc) is 3.34. The van der Waals surface area contributed by atoms with Gasteiger partial charge in [0.2, 0.25) is 0 Å². The Hall–Kier alpha value is -4.07. The molecule has 158 valence electrons. The molecular weight excluding hydrogens is 396 g/mol. The Morgan fingerprint density at radius 2 is 2.03 bits per heavy atom. The number of hydrazine groups is 1. The van der Waals surface area contributed by atoms with Crippen LogP contribution in [0.2, 0.25) is 0 Å². The number of imidazole rings is 1. The van der Waals surface area contributed by atoms with Crippen LogP contribution in [0.5, 0.6) is 5.75 Å². The van der Waals surface area contributed by atoms with Crippen LogP contribution >= 0.6 is 0 Å². The van der Waals surface area contributed by atoms with Gasteiger partial charge in [-0.1, -0.05) is 12.1 Å². The highest BCUT2D eigenvalue weighted by atomic mass is 16.5. The van der Waals surface area contributed by atoms with E-state index in [0.29, 0.717) is 22.7 Å². The minimum absolute atomic E-state index is 0.405. The molecule has 8 heteroatoms. The van der Waals surface area contributed by atoms with Crippen molar-refractivity contribution in [3.05, 3.63) is 65.7 Å². The van der Waals surface area contributed by atoms with Crippen molar-refractivity contribution in [1.29, 1.82) is 0 Å². The standard InChI is InChI=1S/C23H22N4O4/c1-4-27-14(2)24-18-13-16(8-10-19(18)27)23(29)26-25-21(28)11-9-17-12-15-6-5-7-20(30-3)22(15)31-17/h5-13H,4H2,1-3H3,(H,25,28)(H,26,29)/b11-9+. The van der Waals surface area contributed by atoms with E-state index in [1.807, 2.05) is 32.0 Å². The third-order valence-electron chi connectivity index (χ3n) is 4.96. The minimum Gasteiger partial charge on any atom is -0.493 e. The van der Waals surface area contributed by atoms with Crippen molar-refractivity contribution < 1.29 is 18.7 Å². The minimum atomic E-state index is -0.493. The first-order valence-electron chi connectivity index (χ1n) is 9.82. The SMILES string of the molecule is CCn1c(C)nc2cc(C(=O)NNC(=O)/C=C/c3cc4cccc(OC)c4o3)ccc21. The van der Waals surface area contributed by atoms with Crippen molar-refractivity contribution in [1.82, 2.24) is 20.4 Å². The number of carbonyl (C=O) groups is 2. The predicted octanol–water partition coefficient (Wildman–Crippen LogP) is 3.59. The first kappa shape index (κ1) is 20.2. The highest BCUT2D eigenvalue weighted by Gasteiger charge is 2.12. The summed E-state index contributed by atoms with van der Waals surface area (Å²) >= 11 is 0. The van der Waals surface area contributed by atoms with Gasteiger partial charge < -0.3 is 13.7 Å². The number of carbonyl (C=O) groups excluding carboxylic acids is 2. The Morgan fingerprint density at radius 3 is 2.81 bits per heavy atom. The van der Waals surface area contributed by atoms with E-state index in [1.165, 1.54) is 12.2 Å². The van der Waals surface area contributed by atoms with E-state index in [2.05, 4.69) is 20.4 Å². The number of methoxy groups -OCH3 is 1. The second kappa shape index (κ2) is 8.35. The number of nitrogens with one attached hydrogen (secondary N) is 2. The fourth-order valence-electron chi connectivity index (χ4n) is 3.48. The Balaban J connectivity index is 1.40. The molecule has 0 fully saturated rings. The Kier molecular flexibility index (Phi) is 5.44. The number of aromatic nitrogens is 2. The van der Waals surface area contributed by atoms with Gasteiger partial charge in [0.25, 0.3) is 11.8 Å². The molecule has 4 aromatic rings. The fourth-order valence-corrected chi connectivity index (χ4v) is 3.48. The number of amides is 2. The quantitative estimate of drug-likeness (QED) is 0.381. The monoisotopic (exact) mass is 418 g/mol. The molecule has 0 radical (unpaired) electrons. The Morgan fingerprint density at radius 1 is 1.19 bits per heavy atom. The largest absolute Gasteiger partial charge is 0.493 e. The molecule has 0 saturated heterocycles. The first-order chi connectivity index (χ1) is 15.0. The van der Waals surface area contributed by atoms with Gasteiger partial charge in [0.05, 0.1) is 18.1 Å². The molecule has 0 unspecified atom stereocenters. The zero-order valence-electron chi connectivity index (χ0n) is 17.4. The lowest BCUT2D eigenvalue weighted by Gasteiger charge is -2.06. The molecular formula is C23H22N4O4. The van der Waals surface area contributed by atoms with Gasteiger partial charge in [-0.25, -0.2) is 4.98 Å². The Labute approximate surface area is 178 Å². The van der Waals surface area contributed by atoms with Crippen LogP contribution in [0.15, 0.2) is 53.0 Å². The van der Waals surface area contributed by atoms with E-state index in [4.69, 9.17) is 9.15 Å². The van der Waals surface area contributed by atoms with Crippen LogP contribution in [-0.4, -0.2) is 28.5 Å². The number of furan rings is 1. The van der Waals surface area contributed by atoms with E-state index in [-0.39, 0.29) is 0 Å². The van der Waals surface area contributed by atoms with Gasteiger partial charge >= 0.3 is 0 Å². The summed E-state index contributed by atoms with van der Waals surface area (Å²) in [6.45, 7) is 4.77. The summed E-state index contributed by atoms with van der Waals surface area (Å²) in [5, 5.41) is 0.865. The maximum absolute atomic E-state index is 12.4. The van der Waals surface area contributed by atoms with Crippen molar-refractivity contribution in [2.24, 2.45) is 0 Å². The van der Waals surface area contributed by atoms with Crippen LogP contribution in [-0.2, 0) is 11.3 Å². The van der Waals surface area contributed by atoms with E-state index in [9.17, 15) is 9.59 Å². The number of benzene rings is 2. The van der Waals surface area contributed by atoms with Gasteiger partial charge in [-0.2, -0.15) is 0 Å². The summed E-state index contributed by atoms with van der Waals surface area (Å²) in [5.41, 5.74) is 7.48. The van der Waals surface area contributed by atoms with Gasteiger partial charge in [-0.05, 0) is 50.3 Å². The van der Waals surface area contributed by atoms with Crippen LogP contribution in [0.4, 0.5) is 0 Å². The van der Waals surface area contributed by atoms with Gasteiger partial charge in [-0.3, -0.25) is 20.4 Å². The molecule has 2 heterocycles. The lowest BCUT2D eigenvalue weighted by molar-refractivity contribution is -0.117. The molecule has 0 saturated carbocycles. The smallest absolute Gasteiger partial charge is 0.269 e. The molecule has 0 spiro atoms. The molecule has 2 aromatic heterocycles. The number of para-hydroxylation sites is 1. The fraction of sp³-hybridized carbons (Fsp3) is 0.174. The molecule has 8 nitrogen and oxygen atoms in total. The first-order valence-corrected chi connectivity index (χ1v) is 9.82. The maximum atomic E-state index is 12.4. The second-order valence-electron chi connectivity index (χ2n) is 6.91. The van der Waals surface area contributed by atoms with Crippen molar-refractivity contribution in [3.63, 3.8) is 0 Å².